The van der Waals surface area contributed by atoms with E-state index in [-0.39, 0.29) is 31.4 Å². The summed E-state index contributed by atoms with van der Waals surface area (Å²) in [5.74, 6) is -0.486. The molecule has 1 fully saturated rings. The van der Waals surface area contributed by atoms with E-state index in [0.717, 1.165) is 0 Å². The van der Waals surface area contributed by atoms with Crippen LogP contribution >= 0.6 is 0 Å². The molecule has 0 radical (unpaired) electrons. The molecule has 0 aliphatic carbocycles. The summed E-state index contributed by atoms with van der Waals surface area (Å²) in [5.41, 5.74) is 0.360. The van der Waals surface area contributed by atoms with E-state index < -0.39 is 5.82 Å². The van der Waals surface area contributed by atoms with Crippen molar-refractivity contribution in [2.24, 2.45) is 0 Å². The standard InChI is InChI=1S/C12H13FN2O3/c1-18-9-3-2-8(10(13)4-9)6-15-7-11(16)14-5-12(15)17/h2-4H,5-7H2,1H3,(H,14,16). The first-order valence-corrected chi connectivity index (χ1v) is 5.47. The minimum absolute atomic E-state index is 0.0311. The predicted molar refractivity (Wildman–Crippen MR) is 61.4 cm³/mol. The van der Waals surface area contributed by atoms with Gasteiger partial charge in [-0.2, -0.15) is 0 Å². The van der Waals surface area contributed by atoms with Crippen molar-refractivity contribution in [2.45, 2.75) is 6.54 Å². The monoisotopic (exact) mass is 252 g/mol. The maximum absolute atomic E-state index is 13.7. The van der Waals surface area contributed by atoms with Crippen LogP contribution in [0.5, 0.6) is 5.75 Å². The van der Waals surface area contributed by atoms with Crippen LogP contribution in [-0.2, 0) is 16.1 Å². The fourth-order valence-corrected chi connectivity index (χ4v) is 1.74. The third kappa shape index (κ3) is 2.58. The SMILES string of the molecule is COc1ccc(CN2CC(=O)NCC2=O)c(F)c1. The first kappa shape index (κ1) is 12.3. The van der Waals surface area contributed by atoms with Crippen molar-refractivity contribution < 1.29 is 18.7 Å². The lowest BCUT2D eigenvalue weighted by atomic mass is 10.1. The van der Waals surface area contributed by atoms with Crippen LogP contribution in [-0.4, -0.2) is 36.9 Å². The molecule has 0 unspecified atom stereocenters. The Kier molecular flexibility index (Phi) is 3.45. The number of carbonyl (C=O) groups excluding carboxylic acids is 2. The average molecular weight is 252 g/mol. The van der Waals surface area contributed by atoms with E-state index in [2.05, 4.69) is 5.32 Å². The lowest BCUT2D eigenvalue weighted by Crippen LogP contribution is -2.51. The number of hydrogen-bond acceptors (Lipinski definition) is 3. The molecule has 0 bridgehead atoms. The number of ether oxygens (including phenoxy) is 1. The molecule has 1 saturated heterocycles. The maximum Gasteiger partial charge on any atom is 0.242 e. The Morgan fingerprint density at radius 2 is 2.22 bits per heavy atom. The van der Waals surface area contributed by atoms with Gasteiger partial charge in [0.1, 0.15) is 11.6 Å². The number of carbonyl (C=O) groups is 2. The van der Waals surface area contributed by atoms with Crippen molar-refractivity contribution in [1.82, 2.24) is 10.2 Å². The molecule has 0 atom stereocenters. The van der Waals surface area contributed by atoms with Gasteiger partial charge in [0.25, 0.3) is 0 Å². The van der Waals surface area contributed by atoms with Gasteiger partial charge >= 0.3 is 0 Å². The third-order valence-electron chi connectivity index (χ3n) is 2.75. The number of rotatable bonds is 3. The van der Waals surface area contributed by atoms with Crippen LogP contribution in [0.15, 0.2) is 18.2 Å². The first-order chi connectivity index (χ1) is 8.60. The fourth-order valence-electron chi connectivity index (χ4n) is 1.74. The zero-order valence-corrected chi connectivity index (χ0v) is 9.90. The third-order valence-corrected chi connectivity index (χ3v) is 2.75. The summed E-state index contributed by atoms with van der Waals surface area (Å²) in [6, 6.07) is 4.42. The van der Waals surface area contributed by atoms with Crippen molar-refractivity contribution in [2.75, 3.05) is 20.2 Å². The number of hydrogen-bond donors (Lipinski definition) is 1. The molecule has 6 heteroatoms. The van der Waals surface area contributed by atoms with Crippen LogP contribution in [0.4, 0.5) is 4.39 Å². The molecule has 18 heavy (non-hydrogen) atoms. The lowest BCUT2D eigenvalue weighted by molar-refractivity contribution is -0.141. The van der Waals surface area contributed by atoms with E-state index in [1.54, 1.807) is 12.1 Å². The average Bonchev–Trinajstić information content (AvgIpc) is 2.36. The highest BCUT2D eigenvalue weighted by molar-refractivity contribution is 5.92. The highest BCUT2D eigenvalue weighted by atomic mass is 19.1. The van der Waals surface area contributed by atoms with Crippen LogP contribution in [0.25, 0.3) is 0 Å². The molecular weight excluding hydrogens is 239 g/mol. The van der Waals surface area contributed by atoms with Gasteiger partial charge in [0.2, 0.25) is 11.8 Å². The summed E-state index contributed by atoms with van der Waals surface area (Å²) >= 11 is 0. The van der Waals surface area contributed by atoms with Gasteiger partial charge in [-0.3, -0.25) is 9.59 Å². The summed E-state index contributed by atoms with van der Waals surface area (Å²) in [6.07, 6.45) is 0. The Labute approximate surface area is 104 Å². The molecule has 1 aromatic rings. The van der Waals surface area contributed by atoms with Gasteiger partial charge in [-0.05, 0) is 6.07 Å². The van der Waals surface area contributed by atoms with Crippen molar-refractivity contribution in [3.8, 4) is 5.75 Å². The number of amides is 2. The smallest absolute Gasteiger partial charge is 0.242 e. The topological polar surface area (TPSA) is 58.6 Å². The van der Waals surface area contributed by atoms with Crippen molar-refractivity contribution in [1.29, 1.82) is 0 Å². The molecule has 96 valence electrons. The zero-order chi connectivity index (χ0) is 13.1. The van der Waals surface area contributed by atoms with Gasteiger partial charge in [-0.1, -0.05) is 6.07 Å². The Morgan fingerprint density at radius 1 is 1.44 bits per heavy atom. The molecule has 1 aromatic carbocycles. The van der Waals surface area contributed by atoms with Crippen molar-refractivity contribution >= 4 is 11.8 Å². The second kappa shape index (κ2) is 5.03. The van der Waals surface area contributed by atoms with E-state index in [1.165, 1.54) is 18.1 Å². The van der Waals surface area contributed by atoms with Crippen LogP contribution in [0.3, 0.4) is 0 Å². The molecule has 0 saturated carbocycles. The second-order valence-corrected chi connectivity index (χ2v) is 3.98. The van der Waals surface area contributed by atoms with E-state index in [1.807, 2.05) is 0 Å². The van der Waals surface area contributed by atoms with E-state index >= 15 is 0 Å². The number of benzene rings is 1. The highest BCUT2D eigenvalue weighted by Crippen LogP contribution is 2.18. The molecule has 0 spiro atoms. The van der Waals surface area contributed by atoms with E-state index in [0.29, 0.717) is 11.3 Å². The Morgan fingerprint density at radius 3 is 2.89 bits per heavy atom. The summed E-state index contributed by atoms with van der Waals surface area (Å²) < 4.78 is 18.6. The minimum Gasteiger partial charge on any atom is -0.497 e. The van der Waals surface area contributed by atoms with Gasteiger partial charge in [-0.25, -0.2) is 4.39 Å². The summed E-state index contributed by atoms with van der Waals surface area (Å²) in [4.78, 5) is 24.0. The fraction of sp³-hybridized carbons (Fsp3) is 0.333. The van der Waals surface area contributed by atoms with Crippen molar-refractivity contribution in [3.63, 3.8) is 0 Å². The van der Waals surface area contributed by atoms with Crippen LogP contribution < -0.4 is 10.1 Å². The Hall–Kier alpha value is -2.11. The molecular formula is C12H13FN2O3. The first-order valence-electron chi connectivity index (χ1n) is 5.47. The molecule has 1 aliphatic rings. The Balaban J connectivity index is 2.13. The number of methoxy groups -OCH3 is 1. The van der Waals surface area contributed by atoms with Crippen LogP contribution in [0.1, 0.15) is 5.56 Å². The van der Waals surface area contributed by atoms with Gasteiger partial charge in [0.05, 0.1) is 20.2 Å². The normalized spacial score (nSPS) is 15.6. The number of piperazine rings is 1. The van der Waals surface area contributed by atoms with E-state index in [4.69, 9.17) is 4.74 Å². The minimum atomic E-state index is -0.451. The summed E-state index contributed by atoms with van der Waals surface area (Å²) in [6.45, 7) is 0.0169. The predicted octanol–water partition coefficient (Wildman–Crippen LogP) is 0.293. The zero-order valence-electron chi connectivity index (χ0n) is 9.90. The number of nitrogens with zero attached hydrogens (tertiary/aromatic N) is 1. The molecule has 2 amide bonds. The van der Waals surface area contributed by atoms with E-state index in [9.17, 15) is 14.0 Å². The Bertz CT molecular complexity index is 490. The summed E-state index contributed by atoms with van der Waals surface area (Å²) in [7, 11) is 1.45. The molecule has 1 heterocycles. The highest BCUT2D eigenvalue weighted by Gasteiger charge is 2.23. The number of nitrogens with one attached hydrogen (secondary N) is 1. The second-order valence-electron chi connectivity index (χ2n) is 3.98. The van der Waals surface area contributed by atoms with Gasteiger partial charge in [0, 0.05) is 18.2 Å². The van der Waals surface area contributed by atoms with Gasteiger partial charge in [-0.15, -0.1) is 0 Å². The molecule has 1 aliphatic heterocycles. The lowest BCUT2D eigenvalue weighted by Gasteiger charge is -2.26. The molecule has 1 N–H and O–H groups in total. The summed E-state index contributed by atoms with van der Waals surface area (Å²) in [5, 5.41) is 2.44. The van der Waals surface area contributed by atoms with Gasteiger partial charge < -0.3 is 15.0 Å². The molecule has 2 rings (SSSR count). The van der Waals surface area contributed by atoms with Gasteiger partial charge in [0.15, 0.2) is 0 Å². The van der Waals surface area contributed by atoms with Crippen LogP contribution in [0.2, 0.25) is 0 Å². The maximum atomic E-state index is 13.7. The quantitative estimate of drug-likeness (QED) is 0.841. The molecule has 5 nitrogen and oxygen atoms in total. The largest absolute Gasteiger partial charge is 0.497 e. The van der Waals surface area contributed by atoms with Crippen LogP contribution in [0, 0.1) is 5.82 Å². The molecule has 0 aromatic heterocycles. The van der Waals surface area contributed by atoms with Crippen molar-refractivity contribution in [3.05, 3.63) is 29.6 Å². The number of halogens is 1.